The summed E-state index contributed by atoms with van der Waals surface area (Å²) in [5.41, 5.74) is 6.21. The molecule has 3 aromatic heterocycles. The first-order valence-corrected chi connectivity index (χ1v) is 12.3. The van der Waals surface area contributed by atoms with Gasteiger partial charge in [0.1, 0.15) is 6.04 Å². The van der Waals surface area contributed by atoms with E-state index in [2.05, 4.69) is 20.2 Å². The standard InChI is InChI=1S/C21H22N6O2S3/c28-20(29)18(26(9-16-11-31-13-22-16)10-17-12-32-14-23-17)7-4-8-27-19(24-25-21(27)30)15-5-2-1-3-6-15/h1-3,5-6,11-14,18H,4,7-10H2,(H,25,30)(H,28,29)/t18-/m0/s1. The van der Waals surface area contributed by atoms with Crippen molar-refractivity contribution in [1.29, 1.82) is 0 Å². The van der Waals surface area contributed by atoms with E-state index in [4.69, 9.17) is 12.2 Å². The minimum Gasteiger partial charge on any atom is -0.480 e. The molecule has 0 unspecified atom stereocenters. The summed E-state index contributed by atoms with van der Waals surface area (Å²) in [6, 6.07) is 9.14. The summed E-state index contributed by atoms with van der Waals surface area (Å²) in [5, 5.41) is 21.1. The third-order valence-electron chi connectivity index (χ3n) is 5.07. The zero-order chi connectivity index (χ0) is 22.3. The zero-order valence-electron chi connectivity index (χ0n) is 17.1. The van der Waals surface area contributed by atoms with E-state index >= 15 is 0 Å². The van der Waals surface area contributed by atoms with Crippen LogP contribution in [0.1, 0.15) is 24.2 Å². The Labute approximate surface area is 198 Å². The van der Waals surface area contributed by atoms with Gasteiger partial charge >= 0.3 is 5.97 Å². The van der Waals surface area contributed by atoms with Crippen LogP contribution in [0.2, 0.25) is 0 Å². The molecule has 0 fully saturated rings. The molecule has 3 heterocycles. The van der Waals surface area contributed by atoms with Crippen LogP contribution in [-0.2, 0) is 24.4 Å². The number of H-pyrrole nitrogens is 1. The molecule has 2 N–H and O–H groups in total. The van der Waals surface area contributed by atoms with Crippen LogP contribution >= 0.6 is 34.9 Å². The molecule has 0 aliphatic heterocycles. The second kappa shape index (κ2) is 10.7. The summed E-state index contributed by atoms with van der Waals surface area (Å²) in [6.45, 7) is 1.49. The van der Waals surface area contributed by atoms with Crippen molar-refractivity contribution in [2.75, 3.05) is 0 Å². The van der Waals surface area contributed by atoms with E-state index in [-0.39, 0.29) is 0 Å². The van der Waals surface area contributed by atoms with Crippen LogP contribution in [0.4, 0.5) is 0 Å². The Morgan fingerprint density at radius 3 is 2.34 bits per heavy atom. The Morgan fingerprint density at radius 1 is 1.12 bits per heavy atom. The molecular formula is C21H22N6O2S3. The molecule has 0 spiro atoms. The van der Waals surface area contributed by atoms with Crippen molar-refractivity contribution < 1.29 is 9.90 Å². The summed E-state index contributed by atoms with van der Waals surface area (Å²) < 4.78 is 2.45. The summed E-state index contributed by atoms with van der Waals surface area (Å²) in [7, 11) is 0. The number of carbonyl (C=O) groups is 1. The average molecular weight is 487 g/mol. The third-order valence-corrected chi connectivity index (χ3v) is 6.65. The van der Waals surface area contributed by atoms with Crippen molar-refractivity contribution in [3.63, 3.8) is 0 Å². The molecule has 166 valence electrons. The number of thiazole rings is 2. The lowest BCUT2D eigenvalue weighted by atomic mass is 10.1. The van der Waals surface area contributed by atoms with Crippen molar-refractivity contribution in [1.82, 2.24) is 29.6 Å². The third kappa shape index (κ3) is 5.54. The molecule has 0 radical (unpaired) electrons. The second-order valence-electron chi connectivity index (χ2n) is 7.23. The number of benzene rings is 1. The maximum atomic E-state index is 12.2. The number of rotatable bonds is 11. The zero-order valence-corrected chi connectivity index (χ0v) is 19.6. The molecule has 0 aliphatic carbocycles. The van der Waals surface area contributed by atoms with E-state index in [1.165, 1.54) is 22.7 Å². The maximum absolute atomic E-state index is 12.2. The highest BCUT2D eigenvalue weighted by atomic mass is 32.1. The van der Waals surface area contributed by atoms with E-state index in [1.54, 1.807) is 11.0 Å². The number of nitrogens with one attached hydrogen (secondary N) is 1. The first-order valence-electron chi connectivity index (χ1n) is 10.0. The topological polar surface area (TPSA) is 99.9 Å². The quantitative estimate of drug-likeness (QED) is 0.302. The molecule has 8 nitrogen and oxygen atoms in total. The number of nitrogens with zero attached hydrogens (tertiary/aromatic N) is 5. The fraction of sp³-hybridized carbons (Fsp3) is 0.286. The number of aliphatic carboxylic acids is 1. The van der Waals surface area contributed by atoms with Crippen LogP contribution in [0.5, 0.6) is 0 Å². The molecule has 11 heteroatoms. The Bertz CT molecular complexity index is 1140. The van der Waals surface area contributed by atoms with Crippen LogP contribution in [0.3, 0.4) is 0 Å². The van der Waals surface area contributed by atoms with Crippen LogP contribution in [0.25, 0.3) is 11.4 Å². The lowest BCUT2D eigenvalue weighted by Crippen LogP contribution is -2.40. The number of hydrogen-bond donors (Lipinski definition) is 2. The van der Waals surface area contributed by atoms with Crippen molar-refractivity contribution >= 4 is 40.9 Å². The number of carboxylic acid groups (broad SMARTS) is 1. The van der Waals surface area contributed by atoms with E-state index in [9.17, 15) is 9.90 Å². The van der Waals surface area contributed by atoms with Crippen LogP contribution in [0, 0.1) is 4.77 Å². The molecule has 4 rings (SSSR count). The van der Waals surface area contributed by atoms with Gasteiger partial charge in [-0.15, -0.1) is 22.7 Å². The van der Waals surface area contributed by atoms with Gasteiger partial charge in [-0.25, -0.2) is 9.97 Å². The molecule has 0 aliphatic rings. The van der Waals surface area contributed by atoms with Gasteiger partial charge in [0.25, 0.3) is 0 Å². The molecule has 0 bridgehead atoms. The minimum atomic E-state index is -0.852. The van der Waals surface area contributed by atoms with Gasteiger partial charge in [-0.3, -0.25) is 14.8 Å². The van der Waals surface area contributed by atoms with Crippen molar-refractivity contribution in [2.45, 2.75) is 38.5 Å². The van der Waals surface area contributed by atoms with Crippen molar-refractivity contribution in [3.05, 3.63) is 68.3 Å². The van der Waals surface area contributed by atoms with E-state index in [0.29, 0.717) is 37.2 Å². The first-order chi connectivity index (χ1) is 15.6. The Balaban J connectivity index is 1.48. The molecule has 0 amide bonds. The number of aromatic nitrogens is 5. The minimum absolute atomic E-state index is 0.457. The highest BCUT2D eigenvalue weighted by Gasteiger charge is 2.27. The fourth-order valence-corrected chi connectivity index (χ4v) is 4.88. The predicted molar refractivity (Wildman–Crippen MR) is 127 cm³/mol. The van der Waals surface area contributed by atoms with Gasteiger partial charge < -0.3 is 9.67 Å². The Kier molecular flexibility index (Phi) is 7.53. The molecule has 4 aromatic rings. The summed E-state index contributed by atoms with van der Waals surface area (Å²) >= 11 is 8.42. The molecule has 1 atom stereocenters. The maximum Gasteiger partial charge on any atom is 0.320 e. The largest absolute Gasteiger partial charge is 0.480 e. The average Bonchev–Trinajstić information content (AvgIpc) is 3.55. The van der Waals surface area contributed by atoms with Crippen LogP contribution < -0.4 is 0 Å². The number of carboxylic acids is 1. The van der Waals surface area contributed by atoms with Crippen LogP contribution in [0.15, 0.2) is 52.1 Å². The lowest BCUT2D eigenvalue weighted by Gasteiger charge is -2.27. The van der Waals surface area contributed by atoms with E-state index < -0.39 is 12.0 Å². The number of aromatic amines is 1. The molecule has 0 saturated carbocycles. The van der Waals surface area contributed by atoms with Crippen molar-refractivity contribution in [2.24, 2.45) is 0 Å². The first kappa shape index (κ1) is 22.5. The summed E-state index contributed by atoms with van der Waals surface area (Å²) in [4.78, 5) is 22.8. The van der Waals surface area contributed by atoms with Gasteiger partial charge in [-0.05, 0) is 25.1 Å². The lowest BCUT2D eigenvalue weighted by molar-refractivity contribution is -0.144. The molecular weight excluding hydrogens is 464 g/mol. The monoisotopic (exact) mass is 486 g/mol. The normalized spacial score (nSPS) is 12.3. The predicted octanol–water partition coefficient (Wildman–Crippen LogP) is 4.46. The molecule has 1 aromatic carbocycles. The smallest absolute Gasteiger partial charge is 0.320 e. The second-order valence-corrected chi connectivity index (χ2v) is 9.05. The van der Waals surface area contributed by atoms with Gasteiger partial charge in [0.05, 0.1) is 22.4 Å². The molecule has 32 heavy (non-hydrogen) atoms. The summed E-state index contributed by atoms with van der Waals surface area (Å²) in [5.74, 6) is -0.0983. The van der Waals surface area contributed by atoms with E-state index in [1.807, 2.05) is 50.6 Å². The van der Waals surface area contributed by atoms with Gasteiger partial charge in [-0.2, -0.15) is 5.10 Å². The van der Waals surface area contributed by atoms with Gasteiger partial charge in [-0.1, -0.05) is 30.3 Å². The summed E-state index contributed by atoms with van der Waals surface area (Å²) in [6.07, 6.45) is 1.10. The fourth-order valence-electron chi connectivity index (χ4n) is 3.56. The van der Waals surface area contributed by atoms with Gasteiger partial charge in [0.2, 0.25) is 0 Å². The van der Waals surface area contributed by atoms with E-state index in [0.717, 1.165) is 22.8 Å². The highest BCUT2D eigenvalue weighted by Crippen LogP contribution is 2.20. The Hall–Kier alpha value is -2.73. The van der Waals surface area contributed by atoms with Crippen LogP contribution in [-0.4, -0.2) is 46.8 Å². The number of hydrogen-bond acceptors (Lipinski definition) is 8. The Morgan fingerprint density at radius 2 is 1.78 bits per heavy atom. The molecule has 0 saturated heterocycles. The van der Waals surface area contributed by atoms with Gasteiger partial charge in [0.15, 0.2) is 10.6 Å². The SMILES string of the molecule is O=C(O)[C@H](CCCn1c(-c2ccccc2)n[nH]c1=S)N(Cc1cscn1)Cc1cscn1. The van der Waals surface area contributed by atoms with Crippen molar-refractivity contribution in [3.8, 4) is 11.4 Å². The highest BCUT2D eigenvalue weighted by molar-refractivity contribution is 7.71. The van der Waals surface area contributed by atoms with Gasteiger partial charge in [0, 0.05) is 36.0 Å².